The first-order valence-corrected chi connectivity index (χ1v) is 8.46. The fraction of sp³-hybridized carbons (Fsp3) is 0.429. The fourth-order valence-corrected chi connectivity index (χ4v) is 3.67. The van der Waals surface area contributed by atoms with Crippen molar-refractivity contribution in [3.05, 3.63) is 29.8 Å². The van der Waals surface area contributed by atoms with Crippen LogP contribution in [0.1, 0.15) is 12.5 Å². The molecule has 0 atom stereocenters. The topological polar surface area (TPSA) is 93.5 Å². The quantitative estimate of drug-likeness (QED) is 0.881. The number of nitrogens with zero attached hydrogens (tertiary/aromatic N) is 3. The van der Waals surface area contributed by atoms with Gasteiger partial charge in [-0.2, -0.15) is 9.57 Å². The SMILES string of the molecule is CCNC(=O)N1CCN(S(=O)(=O)c2ccc(C#N)cc2)CC1. The lowest BCUT2D eigenvalue weighted by atomic mass is 10.2. The lowest BCUT2D eigenvalue weighted by Crippen LogP contribution is -2.53. The first-order valence-electron chi connectivity index (χ1n) is 7.02. The summed E-state index contributed by atoms with van der Waals surface area (Å²) in [6.07, 6.45) is 0. The van der Waals surface area contributed by atoms with Crippen LogP contribution in [0.2, 0.25) is 0 Å². The Morgan fingerprint density at radius 2 is 1.82 bits per heavy atom. The average Bonchev–Trinajstić information content (AvgIpc) is 2.55. The minimum atomic E-state index is -3.58. The molecule has 2 rings (SSSR count). The summed E-state index contributed by atoms with van der Waals surface area (Å²) in [5.74, 6) is 0. The summed E-state index contributed by atoms with van der Waals surface area (Å²) in [5, 5.41) is 11.5. The van der Waals surface area contributed by atoms with Gasteiger partial charge in [-0.25, -0.2) is 13.2 Å². The van der Waals surface area contributed by atoms with Gasteiger partial charge in [0.15, 0.2) is 0 Å². The van der Waals surface area contributed by atoms with E-state index in [1.807, 2.05) is 13.0 Å². The van der Waals surface area contributed by atoms with Gasteiger partial charge in [-0.05, 0) is 31.2 Å². The molecule has 1 aliphatic rings. The number of carbonyl (C=O) groups excluding carboxylic acids is 1. The van der Waals surface area contributed by atoms with E-state index in [2.05, 4.69) is 5.32 Å². The molecule has 2 amide bonds. The van der Waals surface area contributed by atoms with E-state index in [-0.39, 0.29) is 24.0 Å². The second kappa shape index (κ2) is 6.77. The third kappa shape index (κ3) is 3.37. The minimum absolute atomic E-state index is 0.165. The van der Waals surface area contributed by atoms with Crippen LogP contribution in [0.15, 0.2) is 29.2 Å². The van der Waals surface area contributed by atoms with Gasteiger partial charge in [0.2, 0.25) is 10.0 Å². The van der Waals surface area contributed by atoms with Crippen LogP contribution in [0.5, 0.6) is 0 Å². The summed E-state index contributed by atoms with van der Waals surface area (Å²) in [6.45, 7) is 3.63. The molecule has 0 radical (unpaired) electrons. The molecule has 0 bridgehead atoms. The zero-order chi connectivity index (χ0) is 16.2. The Bertz CT molecular complexity index is 671. The van der Waals surface area contributed by atoms with Crippen LogP contribution in [0, 0.1) is 11.3 Å². The number of hydrogen-bond acceptors (Lipinski definition) is 4. The molecule has 1 heterocycles. The van der Waals surface area contributed by atoms with Gasteiger partial charge in [0, 0.05) is 32.7 Å². The number of benzene rings is 1. The first kappa shape index (κ1) is 16.3. The maximum atomic E-state index is 12.5. The second-order valence-electron chi connectivity index (χ2n) is 4.86. The van der Waals surface area contributed by atoms with Crippen molar-refractivity contribution in [1.29, 1.82) is 5.26 Å². The zero-order valence-electron chi connectivity index (χ0n) is 12.3. The summed E-state index contributed by atoms with van der Waals surface area (Å²) in [5.41, 5.74) is 0.417. The van der Waals surface area contributed by atoms with E-state index in [1.165, 1.54) is 28.6 Å². The van der Waals surface area contributed by atoms with E-state index in [1.54, 1.807) is 4.90 Å². The van der Waals surface area contributed by atoms with E-state index >= 15 is 0 Å². The van der Waals surface area contributed by atoms with Crippen molar-refractivity contribution in [2.24, 2.45) is 0 Å². The molecule has 1 aromatic rings. The summed E-state index contributed by atoms with van der Waals surface area (Å²) in [6, 6.07) is 7.62. The van der Waals surface area contributed by atoms with Crippen molar-refractivity contribution in [2.45, 2.75) is 11.8 Å². The van der Waals surface area contributed by atoms with Gasteiger partial charge >= 0.3 is 6.03 Å². The van der Waals surface area contributed by atoms with Crippen LogP contribution < -0.4 is 5.32 Å². The number of rotatable bonds is 3. The lowest BCUT2D eigenvalue weighted by Gasteiger charge is -2.33. The van der Waals surface area contributed by atoms with Crippen LogP contribution in [0.25, 0.3) is 0 Å². The van der Waals surface area contributed by atoms with Crippen molar-refractivity contribution in [2.75, 3.05) is 32.7 Å². The number of nitrogens with one attached hydrogen (secondary N) is 1. The largest absolute Gasteiger partial charge is 0.338 e. The zero-order valence-corrected chi connectivity index (χ0v) is 13.1. The Morgan fingerprint density at radius 1 is 1.23 bits per heavy atom. The van der Waals surface area contributed by atoms with Gasteiger partial charge in [0.05, 0.1) is 16.5 Å². The molecule has 0 unspecified atom stereocenters. The number of amides is 2. The molecule has 0 aliphatic carbocycles. The van der Waals surface area contributed by atoms with Crippen molar-refractivity contribution in [3.8, 4) is 6.07 Å². The van der Waals surface area contributed by atoms with Crippen LogP contribution in [0.3, 0.4) is 0 Å². The highest BCUT2D eigenvalue weighted by molar-refractivity contribution is 7.89. The van der Waals surface area contributed by atoms with Crippen molar-refractivity contribution in [1.82, 2.24) is 14.5 Å². The summed E-state index contributed by atoms with van der Waals surface area (Å²) < 4.78 is 26.4. The maximum absolute atomic E-state index is 12.5. The van der Waals surface area contributed by atoms with Gasteiger partial charge in [0.1, 0.15) is 0 Å². The van der Waals surface area contributed by atoms with E-state index in [0.717, 1.165) is 0 Å². The second-order valence-corrected chi connectivity index (χ2v) is 6.80. The monoisotopic (exact) mass is 322 g/mol. The van der Waals surface area contributed by atoms with Gasteiger partial charge in [-0.3, -0.25) is 0 Å². The molecule has 1 fully saturated rings. The highest BCUT2D eigenvalue weighted by Gasteiger charge is 2.29. The normalized spacial score (nSPS) is 16.1. The number of piperazine rings is 1. The predicted octanol–water partition coefficient (Wildman–Crippen LogP) is 0.594. The molecule has 1 saturated heterocycles. The van der Waals surface area contributed by atoms with Gasteiger partial charge in [-0.1, -0.05) is 0 Å². The predicted molar refractivity (Wildman–Crippen MR) is 80.6 cm³/mol. The number of sulfonamides is 1. The Labute approximate surface area is 130 Å². The Morgan fingerprint density at radius 3 is 2.32 bits per heavy atom. The van der Waals surface area contributed by atoms with E-state index in [0.29, 0.717) is 25.2 Å². The first-order chi connectivity index (χ1) is 10.5. The standard InChI is InChI=1S/C14H18N4O3S/c1-2-16-14(19)17-7-9-18(10-8-17)22(20,21)13-5-3-12(11-15)4-6-13/h3-6H,2,7-10H2,1H3,(H,16,19). The van der Waals surface area contributed by atoms with Crippen molar-refractivity contribution < 1.29 is 13.2 Å². The lowest BCUT2D eigenvalue weighted by molar-refractivity contribution is 0.173. The van der Waals surface area contributed by atoms with Crippen LogP contribution in [-0.4, -0.2) is 56.4 Å². The van der Waals surface area contributed by atoms with Crippen LogP contribution in [-0.2, 0) is 10.0 Å². The molecule has 118 valence electrons. The van der Waals surface area contributed by atoms with Crippen LogP contribution >= 0.6 is 0 Å². The van der Waals surface area contributed by atoms with Gasteiger partial charge < -0.3 is 10.2 Å². The molecule has 1 aliphatic heterocycles. The Balaban J connectivity index is 2.06. The molecule has 7 nitrogen and oxygen atoms in total. The number of hydrogen-bond donors (Lipinski definition) is 1. The third-order valence-corrected chi connectivity index (χ3v) is 5.39. The summed E-state index contributed by atoms with van der Waals surface area (Å²) in [4.78, 5) is 13.5. The summed E-state index contributed by atoms with van der Waals surface area (Å²) in [7, 11) is -3.58. The molecular weight excluding hydrogens is 304 g/mol. The molecule has 1 N–H and O–H groups in total. The number of nitriles is 1. The molecule has 1 aromatic carbocycles. The third-order valence-electron chi connectivity index (χ3n) is 3.48. The van der Waals surface area contributed by atoms with Crippen molar-refractivity contribution in [3.63, 3.8) is 0 Å². The molecule has 22 heavy (non-hydrogen) atoms. The average molecular weight is 322 g/mol. The molecular formula is C14H18N4O3S. The van der Waals surface area contributed by atoms with Crippen molar-refractivity contribution >= 4 is 16.1 Å². The highest BCUT2D eigenvalue weighted by Crippen LogP contribution is 2.18. The molecule has 0 aromatic heterocycles. The van der Waals surface area contributed by atoms with E-state index in [4.69, 9.17) is 5.26 Å². The maximum Gasteiger partial charge on any atom is 0.317 e. The summed E-state index contributed by atoms with van der Waals surface area (Å²) >= 11 is 0. The molecule has 0 saturated carbocycles. The Kier molecular flexibility index (Phi) is 5.00. The highest BCUT2D eigenvalue weighted by atomic mass is 32.2. The van der Waals surface area contributed by atoms with Gasteiger partial charge in [-0.15, -0.1) is 0 Å². The molecule has 0 spiro atoms. The van der Waals surface area contributed by atoms with E-state index in [9.17, 15) is 13.2 Å². The smallest absolute Gasteiger partial charge is 0.317 e. The minimum Gasteiger partial charge on any atom is -0.338 e. The molecule has 8 heteroatoms. The van der Waals surface area contributed by atoms with Gasteiger partial charge in [0.25, 0.3) is 0 Å². The Hall–Kier alpha value is -2.11. The number of carbonyl (C=O) groups is 1. The fourth-order valence-electron chi connectivity index (χ4n) is 2.25. The van der Waals surface area contributed by atoms with Crippen LogP contribution in [0.4, 0.5) is 4.79 Å². The number of urea groups is 1. The van der Waals surface area contributed by atoms with E-state index < -0.39 is 10.0 Å².